The van der Waals surface area contributed by atoms with Gasteiger partial charge in [0, 0.05) is 19.2 Å². The zero-order valence-corrected chi connectivity index (χ0v) is 15.9. The van der Waals surface area contributed by atoms with Gasteiger partial charge in [0.15, 0.2) is 0 Å². The van der Waals surface area contributed by atoms with Crippen LogP contribution in [0.2, 0.25) is 0 Å². The van der Waals surface area contributed by atoms with E-state index in [1.54, 1.807) is 30.5 Å². The van der Waals surface area contributed by atoms with Gasteiger partial charge in [-0.2, -0.15) is 0 Å². The molecular formula is C18H23N3O4S. The summed E-state index contributed by atoms with van der Waals surface area (Å²) in [5.41, 5.74) is 2.06. The van der Waals surface area contributed by atoms with Crippen LogP contribution in [0.4, 0.5) is 5.69 Å². The van der Waals surface area contributed by atoms with Crippen molar-refractivity contribution >= 4 is 21.6 Å². The maximum Gasteiger partial charge on any atom is 0.232 e. The van der Waals surface area contributed by atoms with Crippen LogP contribution in [-0.2, 0) is 21.4 Å². The first-order valence-corrected chi connectivity index (χ1v) is 9.95. The number of methoxy groups -OCH3 is 1. The third-order valence-corrected chi connectivity index (χ3v) is 4.92. The predicted octanol–water partition coefficient (Wildman–Crippen LogP) is 1.87. The molecule has 0 atom stereocenters. The molecule has 26 heavy (non-hydrogen) atoms. The van der Waals surface area contributed by atoms with Crippen LogP contribution in [0.3, 0.4) is 0 Å². The van der Waals surface area contributed by atoms with Gasteiger partial charge < -0.3 is 10.1 Å². The molecule has 2 rings (SSSR count). The van der Waals surface area contributed by atoms with Gasteiger partial charge in [-0.15, -0.1) is 0 Å². The van der Waals surface area contributed by atoms with Gasteiger partial charge >= 0.3 is 0 Å². The topological polar surface area (TPSA) is 88.6 Å². The fourth-order valence-electron chi connectivity index (χ4n) is 2.44. The fraction of sp³-hybridized carbons (Fsp3) is 0.333. The molecule has 0 bridgehead atoms. The highest BCUT2D eigenvalue weighted by Gasteiger charge is 2.22. The van der Waals surface area contributed by atoms with E-state index < -0.39 is 10.0 Å². The molecule has 0 unspecified atom stereocenters. The monoisotopic (exact) mass is 377 g/mol. The number of amides is 1. The maximum absolute atomic E-state index is 12.2. The number of carbonyl (C=O) groups is 1. The number of pyridine rings is 1. The van der Waals surface area contributed by atoms with Crippen molar-refractivity contribution in [3.8, 4) is 5.75 Å². The number of ether oxygens (including phenoxy) is 1. The average Bonchev–Trinajstić information content (AvgIpc) is 2.60. The second-order valence-electron chi connectivity index (χ2n) is 5.86. The Balaban J connectivity index is 2.07. The first-order chi connectivity index (χ1) is 12.3. The number of carbonyl (C=O) groups excluding carboxylic acids is 1. The number of sulfonamides is 1. The molecular weight excluding hydrogens is 354 g/mol. The number of benzene rings is 1. The Morgan fingerprint density at radius 1 is 1.27 bits per heavy atom. The molecule has 0 radical (unpaired) electrons. The normalized spacial score (nSPS) is 11.0. The van der Waals surface area contributed by atoms with Crippen molar-refractivity contribution in [2.75, 3.05) is 24.2 Å². The summed E-state index contributed by atoms with van der Waals surface area (Å²) < 4.78 is 30.9. The van der Waals surface area contributed by atoms with Gasteiger partial charge in [0.25, 0.3) is 0 Å². The first-order valence-electron chi connectivity index (χ1n) is 8.10. The standard InChI is InChI=1S/C18H23N3O4S/c1-14-7-8-17(25-2)16(12-14)21(26(3,23)24)11-9-18(22)20-13-15-6-4-5-10-19-15/h4-8,10,12H,9,11,13H2,1-3H3,(H,20,22). The summed E-state index contributed by atoms with van der Waals surface area (Å²) in [5.74, 6) is 0.186. The van der Waals surface area contributed by atoms with Crippen molar-refractivity contribution in [2.45, 2.75) is 19.9 Å². The first kappa shape index (κ1) is 19.7. The quantitative estimate of drug-likeness (QED) is 0.759. The molecule has 8 heteroatoms. The Labute approximate surface area is 154 Å². The van der Waals surface area contributed by atoms with Crippen molar-refractivity contribution in [3.05, 3.63) is 53.9 Å². The van der Waals surface area contributed by atoms with E-state index in [9.17, 15) is 13.2 Å². The summed E-state index contributed by atoms with van der Waals surface area (Å²) in [7, 11) is -2.09. The second-order valence-corrected chi connectivity index (χ2v) is 7.77. The van der Waals surface area contributed by atoms with E-state index in [4.69, 9.17) is 4.74 Å². The molecule has 0 saturated carbocycles. The number of aryl methyl sites for hydroxylation is 1. The lowest BCUT2D eigenvalue weighted by molar-refractivity contribution is -0.121. The summed E-state index contributed by atoms with van der Waals surface area (Å²) in [6, 6.07) is 10.7. The molecule has 0 saturated heterocycles. The Kier molecular flexibility index (Phi) is 6.57. The number of hydrogen-bond acceptors (Lipinski definition) is 5. The number of hydrogen-bond donors (Lipinski definition) is 1. The average molecular weight is 377 g/mol. The second kappa shape index (κ2) is 8.66. The Morgan fingerprint density at radius 2 is 2.04 bits per heavy atom. The molecule has 0 fully saturated rings. The molecule has 1 N–H and O–H groups in total. The van der Waals surface area contributed by atoms with Crippen LogP contribution in [0.15, 0.2) is 42.6 Å². The van der Waals surface area contributed by atoms with Gasteiger partial charge in [0.1, 0.15) is 5.75 Å². The molecule has 0 aliphatic rings. The van der Waals surface area contributed by atoms with E-state index in [1.807, 2.05) is 19.1 Å². The van der Waals surface area contributed by atoms with Crippen molar-refractivity contribution in [1.82, 2.24) is 10.3 Å². The van der Waals surface area contributed by atoms with Gasteiger partial charge in [-0.05, 0) is 36.8 Å². The Morgan fingerprint density at radius 3 is 2.65 bits per heavy atom. The maximum atomic E-state index is 12.2. The zero-order valence-electron chi connectivity index (χ0n) is 15.1. The molecule has 7 nitrogen and oxygen atoms in total. The van der Waals surface area contributed by atoms with Crippen LogP contribution in [0, 0.1) is 6.92 Å². The third-order valence-electron chi connectivity index (χ3n) is 3.74. The van der Waals surface area contributed by atoms with E-state index in [-0.39, 0.29) is 18.9 Å². The third kappa shape index (κ3) is 5.45. The summed E-state index contributed by atoms with van der Waals surface area (Å²) in [4.78, 5) is 16.2. The van der Waals surface area contributed by atoms with Crippen LogP contribution >= 0.6 is 0 Å². The highest BCUT2D eigenvalue weighted by molar-refractivity contribution is 7.92. The molecule has 1 aromatic carbocycles. The molecule has 1 amide bonds. The van der Waals surface area contributed by atoms with Gasteiger partial charge in [0.2, 0.25) is 15.9 Å². The SMILES string of the molecule is COc1ccc(C)cc1N(CCC(=O)NCc1ccccn1)S(C)(=O)=O. The van der Waals surface area contributed by atoms with Crippen LogP contribution < -0.4 is 14.4 Å². The minimum Gasteiger partial charge on any atom is -0.495 e. The fourth-order valence-corrected chi connectivity index (χ4v) is 3.37. The number of aromatic nitrogens is 1. The number of anilines is 1. The minimum atomic E-state index is -3.57. The lowest BCUT2D eigenvalue weighted by Crippen LogP contribution is -2.34. The largest absolute Gasteiger partial charge is 0.495 e. The Hall–Kier alpha value is -2.61. The van der Waals surface area contributed by atoms with Crippen LogP contribution in [0.25, 0.3) is 0 Å². The summed E-state index contributed by atoms with van der Waals surface area (Å²) in [5, 5.41) is 2.74. The van der Waals surface area contributed by atoms with E-state index in [0.29, 0.717) is 18.0 Å². The highest BCUT2D eigenvalue weighted by atomic mass is 32.2. The molecule has 0 aliphatic heterocycles. The van der Waals surface area contributed by atoms with Gasteiger partial charge in [-0.25, -0.2) is 8.42 Å². The van der Waals surface area contributed by atoms with Gasteiger partial charge in [-0.3, -0.25) is 14.1 Å². The van der Waals surface area contributed by atoms with E-state index in [1.165, 1.54) is 11.4 Å². The number of nitrogens with zero attached hydrogens (tertiary/aromatic N) is 2. The van der Waals surface area contributed by atoms with Crippen molar-refractivity contribution < 1.29 is 17.9 Å². The predicted molar refractivity (Wildman–Crippen MR) is 101 cm³/mol. The lowest BCUT2D eigenvalue weighted by Gasteiger charge is -2.24. The van der Waals surface area contributed by atoms with E-state index >= 15 is 0 Å². The molecule has 2 aromatic rings. The molecule has 0 spiro atoms. The van der Waals surface area contributed by atoms with Crippen LogP contribution in [-0.4, -0.2) is 39.2 Å². The van der Waals surface area contributed by atoms with Crippen LogP contribution in [0.5, 0.6) is 5.75 Å². The minimum absolute atomic E-state index is 0.0205. The smallest absolute Gasteiger partial charge is 0.232 e. The molecule has 0 aliphatic carbocycles. The van der Waals surface area contributed by atoms with Crippen LogP contribution in [0.1, 0.15) is 17.7 Å². The highest BCUT2D eigenvalue weighted by Crippen LogP contribution is 2.31. The summed E-state index contributed by atoms with van der Waals surface area (Å²) in [6.07, 6.45) is 2.79. The molecule has 1 aromatic heterocycles. The molecule has 1 heterocycles. The van der Waals surface area contributed by atoms with Gasteiger partial charge in [0.05, 0.1) is 31.3 Å². The van der Waals surface area contributed by atoms with E-state index in [0.717, 1.165) is 17.5 Å². The summed E-state index contributed by atoms with van der Waals surface area (Å²) >= 11 is 0. The Bertz CT molecular complexity index is 854. The van der Waals surface area contributed by atoms with E-state index in [2.05, 4.69) is 10.3 Å². The zero-order chi connectivity index (χ0) is 19.2. The summed E-state index contributed by atoms with van der Waals surface area (Å²) in [6.45, 7) is 2.18. The number of nitrogens with one attached hydrogen (secondary N) is 1. The van der Waals surface area contributed by atoms with Crippen molar-refractivity contribution in [2.24, 2.45) is 0 Å². The number of rotatable bonds is 8. The van der Waals surface area contributed by atoms with Crippen molar-refractivity contribution in [1.29, 1.82) is 0 Å². The molecule has 140 valence electrons. The lowest BCUT2D eigenvalue weighted by atomic mass is 10.2. The van der Waals surface area contributed by atoms with Gasteiger partial charge in [-0.1, -0.05) is 12.1 Å². The van der Waals surface area contributed by atoms with Crippen molar-refractivity contribution in [3.63, 3.8) is 0 Å².